The minimum absolute atomic E-state index is 0.00186. The molecule has 3 aliphatic heterocycles. The number of aromatic nitrogens is 16. The third-order valence-electron chi connectivity index (χ3n) is 26.4. The van der Waals surface area contributed by atoms with Gasteiger partial charge < -0.3 is 48.2 Å². The summed E-state index contributed by atoms with van der Waals surface area (Å²) in [6.45, 7) is 6.14. The lowest BCUT2D eigenvalue weighted by Gasteiger charge is -2.30. The first kappa shape index (κ1) is 90.3. The number of carbonyl (C=O) groups excluding carboxylic acids is 1. The number of rotatable bonds is 19. The molecule has 0 spiro atoms. The number of piperidine rings is 3. The summed E-state index contributed by atoms with van der Waals surface area (Å²) in [5, 5.41) is 7.58. The van der Waals surface area contributed by atoms with Gasteiger partial charge in [-0.2, -0.15) is 17.5 Å². The number of aromatic amines is 4. The number of nitrogens with zero attached hydrogens (tertiary/aromatic N) is 15. The first-order valence-electron chi connectivity index (χ1n) is 45.5. The highest BCUT2D eigenvalue weighted by Crippen LogP contribution is 2.44. The molecular weight excluding hydrogens is 1780 g/mol. The molecule has 1 aliphatic carbocycles. The number of H-pyrrole nitrogens is 4. The number of hydrogen-bond donors (Lipinski definition) is 9. The van der Waals surface area contributed by atoms with Gasteiger partial charge >= 0.3 is 6.18 Å². The molecule has 37 heteroatoms. The normalized spacial score (nSPS) is 17.0. The van der Waals surface area contributed by atoms with Crippen LogP contribution in [0.1, 0.15) is 149 Å². The topological polar surface area (TPSA) is 429 Å². The van der Waals surface area contributed by atoms with Crippen molar-refractivity contribution in [1.29, 1.82) is 0 Å². The number of halogens is 3. The molecule has 0 bridgehead atoms. The number of anilines is 4. The van der Waals surface area contributed by atoms with E-state index in [1.807, 2.05) is 149 Å². The van der Waals surface area contributed by atoms with Gasteiger partial charge in [0.2, 0.25) is 36.0 Å². The molecular formula is C98H103F3N24O7S3. The molecule has 0 radical (unpaired) electrons. The van der Waals surface area contributed by atoms with Crippen molar-refractivity contribution in [2.45, 2.75) is 132 Å². The lowest BCUT2D eigenvalue weighted by molar-refractivity contribution is -0.130. The molecule has 3 saturated heterocycles. The van der Waals surface area contributed by atoms with Crippen LogP contribution in [0.5, 0.6) is 0 Å². The van der Waals surface area contributed by atoms with Gasteiger partial charge in [-0.3, -0.25) is 22.4 Å². The van der Waals surface area contributed by atoms with Crippen molar-refractivity contribution < 1.29 is 43.2 Å². The van der Waals surface area contributed by atoms with Gasteiger partial charge in [-0.1, -0.05) is 128 Å². The van der Waals surface area contributed by atoms with Crippen LogP contribution in [0.4, 0.5) is 36.4 Å². The molecule has 0 unspecified atom stereocenters. The largest absolute Gasteiger partial charge is 0.390 e. The first-order valence-corrected chi connectivity index (χ1v) is 50.1. The molecule has 1 atom stereocenters. The number of para-hydroxylation sites is 4. The van der Waals surface area contributed by atoms with E-state index in [9.17, 15) is 43.2 Å². The second-order valence-electron chi connectivity index (χ2n) is 35.0. The maximum atomic E-state index is 13.0. The van der Waals surface area contributed by atoms with Crippen molar-refractivity contribution >= 4 is 125 Å². The van der Waals surface area contributed by atoms with Gasteiger partial charge in [-0.15, -0.1) is 0 Å². The van der Waals surface area contributed by atoms with Gasteiger partial charge in [0.05, 0.1) is 51.6 Å². The Morgan fingerprint density at radius 3 is 1.02 bits per heavy atom. The van der Waals surface area contributed by atoms with Crippen LogP contribution < -0.4 is 28.3 Å². The molecule has 13 N–H and O–H groups in total. The fraction of sp³-hybridized carbons (Fsp3) is 0.296. The maximum absolute atomic E-state index is 13.0. The fourth-order valence-corrected chi connectivity index (χ4v) is 24.0. The van der Waals surface area contributed by atoms with Gasteiger partial charge in [-0.05, 0) is 144 Å². The van der Waals surface area contributed by atoms with Crippen LogP contribution in [0.15, 0.2) is 236 Å². The van der Waals surface area contributed by atoms with Gasteiger partial charge in [-0.25, -0.2) is 73.7 Å². The zero-order chi connectivity index (χ0) is 93.6. The summed E-state index contributed by atoms with van der Waals surface area (Å²) < 4.78 is 126. The average Bonchev–Trinajstić information content (AvgIpc) is 1.61. The van der Waals surface area contributed by atoms with Crippen LogP contribution >= 0.6 is 0 Å². The molecule has 15 heterocycles. The maximum Gasteiger partial charge on any atom is 0.390 e. The number of amides is 1. The lowest BCUT2D eigenvalue weighted by atomic mass is 9.81. The van der Waals surface area contributed by atoms with E-state index in [1.165, 1.54) is 0 Å². The van der Waals surface area contributed by atoms with Crippen molar-refractivity contribution in [3.8, 4) is 45.6 Å². The van der Waals surface area contributed by atoms with Gasteiger partial charge in [0.25, 0.3) is 0 Å². The van der Waals surface area contributed by atoms with E-state index < -0.39 is 48.4 Å². The Kier molecular flexibility index (Phi) is 25.1. The van der Waals surface area contributed by atoms with Gasteiger partial charge in [0.1, 0.15) is 91.4 Å². The molecule has 696 valence electrons. The molecule has 31 nitrogen and oxygen atoms in total. The summed E-state index contributed by atoms with van der Waals surface area (Å²) in [4.78, 5) is 64.2. The summed E-state index contributed by atoms with van der Waals surface area (Å²) in [6, 6.07) is 59.2. The number of imidazole rings is 4. The van der Waals surface area contributed by atoms with Crippen LogP contribution in [0, 0.1) is 5.92 Å². The fourth-order valence-electron chi connectivity index (χ4n) is 19.5. The third kappa shape index (κ3) is 18.5. The lowest BCUT2D eigenvalue weighted by Crippen LogP contribution is -2.40. The van der Waals surface area contributed by atoms with E-state index in [2.05, 4.69) is 104 Å². The quantitative estimate of drug-likeness (QED) is 0.0363. The highest BCUT2D eigenvalue weighted by Gasteiger charge is 2.39. The minimum Gasteiger partial charge on any atom is -0.382 e. The molecule has 4 aliphatic rings. The van der Waals surface area contributed by atoms with E-state index in [0.717, 1.165) is 172 Å². The van der Waals surface area contributed by atoms with Crippen LogP contribution in [-0.4, -0.2) is 178 Å². The van der Waals surface area contributed by atoms with E-state index in [1.54, 1.807) is 63.9 Å². The van der Waals surface area contributed by atoms with Crippen LogP contribution in [0.2, 0.25) is 0 Å². The molecule has 1 amide bonds. The number of hydrogen-bond acceptors (Lipinski definition) is 19. The molecule has 18 aromatic rings. The summed E-state index contributed by atoms with van der Waals surface area (Å²) in [5.41, 5.74) is 39.9. The molecule has 6 aromatic carbocycles. The standard InChI is InChI=1S/C29H30N6O.C25H24N6O2S.C22H23F3N6O2S.C22H26N6O2S/c1-18(19-7-3-2-4-8-19)32-29(36)21-13-11-20(12-14-21)28-34-25(26-27(30)31-15-16-35(26)28)24-17-22-9-5-6-10-23(22)33-24;26-24-23-22(21-16-18-6-4-5-9-20(18)28-21)29-25(31(23)15-12-27-24)17-10-13-30(14-11-17)34(32,33)19-7-2-1-3-8-19;23-22(24,25)7-12-34(32,33)30-9-5-14(6-10-30)21-29-18(19-20(26)27-8-11-31(19)21)17-13-15-3-1-2-4-16(15)28-17;1-2-13-31(29,30)27-10-7-15(8-11-27)22-26-19(20-21(23)24-9-12-28(20)22)18-14-16-5-3-4-6-17(16)25-18/h2-10,15-18,20-21,33H,11-14H2,1H3,(H2,30,31)(H,32,36);1-9,12,15-17,28H,10-11,13-14H2,(H2,26,27);1-4,8,11,13-14,28H,5-7,9-10,12H2,(H2,26,27);3-6,9,12,14-15,25H,2,7-8,10-11,13H2,1H3,(H2,23,24)/t18-,20?,21?;;;/m0.../s1. The molecule has 22 rings (SSSR count). The molecule has 1 saturated carbocycles. The summed E-state index contributed by atoms with van der Waals surface area (Å²) >= 11 is 0. The van der Waals surface area contributed by atoms with E-state index in [4.69, 9.17) is 42.9 Å². The average molecular weight is 1880 g/mol. The van der Waals surface area contributed by atoms with Crippen molar-refractivity contribution in [3.63, 3.8) is 0 Å². The van der Waals surface area contributed by atoms with Gasteiger partial charge in [0, 0.05) is 162 Å². The van der Waals surface area contributed by atoms with Crippen LogP contribution in [-0.2, 0) is 34.9 Å². The Morgan fingerprint density at radius 2 is 0.704 bits per heavy atom. The number of nitrogen functional groups attached to an aromatic ring is 4. The molecule has 4 fully saturated rings. The van der Waals surface area contributed by atoms with E-state index in [-0.39, 0.29) is 60.4 Å². The number of benzene rings is 6. The Balaban J connectivity index is 0.000000116. The summed E-state index contributed by atoms with van der Waals surface area (Å²) in [7, 11) is -10.6. The third-order valence-corrected chi connectivity index (χ3v) is 32.3. The highest BCUT2D eigenvalue weighted by atomic mass is 32.2. The van der Waals surface area contributed by atoms with Crippen molar-refractivity contribution in [3.05, 3.63) is 260 Å². The number of nitrogens with two attached hydrogens (primary N) is 4. The predicted octanol–water partition coefficient (Wildman–Crippen LogP) is 16.9. The van der Waals surface area contributed by atoms with Crippen molar-refractivity contribution in [2.24, 2.45) is 5.92 Å². The highest BCUT2D eigenvalue weighted by molar-refractivity contribution is 7.89. The summed E-state index contributed by atoms with van der Waals surface area (Å²) in [6.07, 6.45) is 16.2. The monoisotopic (exact) mass is 1880 g/mol. The van der Waals surface area contributed by atoms with Gasteiger partial charge in [0.15, 0.2) is 0 Å². The molecule has 135 heavy (non-hydrogen) atoms. The number of fused-ring (bicyclic) bond motifs is 8. The Labute approximate surface area is 776 Å². The zero-order valence-electron chi connectivity index (χ0n) is 74.3. The zero-order valence-corrected chi connectivity index (χ0v) is 76.7. The van der Waals surface area contributed by atoms with Crippen molar-refractivity contribution in [1.82, 2.24) is 95.6 Å². The second kappa shape index (κ2) is 37.5. The number of nitrogens with one attached hydrogen (secondary N) is 5. The Hall–Kier alpha value is -13.9. The number of carbonyl (C=O) groups is 1. The minimum atomic E-state index is -4.51. The number of sulfonamides is 3. The first-order chi connectivity index (χ1) is 65.2. The Bertz CT molecular complexity index is 7620. The van der Waals surface area contributed by atoms with E-state index >= 15 is 0 Å². The van der Waals surface area contributed by atoms with Crippen LogP contribution in [0.3, 0.4) is 0 Å². The second-order valence-corrected chi connectivity index (χ2v) is 41.1. The van der Waals surface area contributed by atoms with E-state index in [0.29, 0.717) is 97.7 Å². The number of alkyl halides is 3. The smallest absolute Gasteiger partial charge is 0.382 e. The summed E-state index contributed by atoms with van der Waals surface area (Å²) in [5.74, 6) is 5.02. The molecule has 12 aromatic heterocycles. The predicted molar refractivity (Wildman–Crippen MR) is 519 cm³/mol. The van der Waals surface area contributed by atoms with Crippen LogP contribution in [0.25, 0.3) is 111 Å². The van der Waals surface area contributed by atoms with Crippen molar-refractivity contribution in [2.75, 3.05) is 73.7 Å². The Morgan fingerprint density at radius 1 is 0.407 bits per heavy atom. The SMILES string of the molecule is CCCS(=O)(=O)N1CCC(c2nc(-c3cc4ccccc4[nH]3)c3c(N)nccn23)CC1.C[C@H](NC(=O)C1CCC(c2nc(-c3cc4ccccc4[nH]3)c3c(N)nccn23)CC1)c1ccccc1.Nc1nccn2c(C3CCN(S(=O)(=O)CCC(F)(F)F)CC3)nc(-c3cc4ccccc4[nH]3)c12.Nc1nccn2c(C3CCN(S(=O)(=O)c4ccccc4)CC3)nc(-c3cc4ccccc4[nH]3)c12.